The van der Waals surface area contributed by atoms with Crippen LogP contribution in [0.25, 0.3) is 32.7 Å². The summed E-state index contributed by atoms with van der Waals surface area (Å²) in [6.45, 7) is 4.41. The van der Waals surface area contributed by atoms with Gasteiger partial charge in [-0.05, 0) is 47.6 Å². The van der Waals surface area contributed by atoms with Gasteiger partial charge in [0.25, 0.3) is 0 Å². The van der Waals surface area contributed by atoms with Gasteiger partial charge in [-0.3, -0.25) is 0 Å². The second-order valence-corrected chi connectivity index (χ2v) is 5.60. The first-order chi connectivity index (χ1) is 10.3. The molecule has 0 N–H and O–H groups in total. The fraction of sp³-hybridized carbons (Fsp3) is 0.200. The van der Waals surface area contributed by atoms with E-state index in [-0.39, 0.29) is 0 Å². The highest BCUT2D eigenvalue weighted by Crippen LogP contribution is 2.36. The van der Waals surface area contributed by atoms with E-state index in [1.165, 1.54) is 32.7 Å². The maximum Gasteiger partial charge on any atom is 0.143 e. The van der Waals surface area contributed by atoms with Crippen molar-refractivity contribution in [1.29, 1.82) is 0 Å². The Morgan fingerprint density at radius 2 is 1.57 bits per heavy atom. The molecular weight excluding hydrogens is 256 g/mol. The third kappa shape index (κ3) is 1.77. The van der Waals surface area contributed by atoms with Gasteiger partial charge in [0, 0.05) is 16.2 Å². The number of rotatable bonds is 2. The monoisotopic (exact) mass is 274 g/mol. The van der Waals surface area contributed by atoms with Crippen LogP contribution in [-0.4, -0.2) is 0 Å². The van der Waals surface area contributed by atoms with Crippen molar-refractivity contribution in [2.24, 2.45) is 0 Å². The largest absolute Gasteiger partial charge is 0.455 e. The predicted molar refractivity (Wildman–Crippen MR) is 90.0 cm³/mol. The minimum Gasteiger partial charge on any atom is -0.455 e. The zero-order chi connectivity index (χ0) is 14.4. The van der Waals surface area contributed by atoms with Crippen LogP contribution in [0.1, 0.15) is 25.0 Å². The molecule has 0 unspecified atom stereocenters. The Morgan fingerprint density at radius 3 is 2.33 bits per heavy atom. The normalized spacial score (nSPS) is 11.7. The van der Waals surface area contributed by atoms with Gasteiger partial charge in [0.05, 0.1) is 0 Å². The third-order valence-electron chi connectivity index (χ3n) is 4.42. The molecule has 0 amide bonds. The van der Waals surface area contributed by atoms with Gasteiger partial charge in [0.2, 0.25) is 0 Å². The highest BCUT2D eigenvalue weighted by Gasteiger charge is 2.12. The molecule has 0 aliphatic heterocycles. The quantitative estimate of drug-likeness (QED) is 0.446. The van der Waals surface area contributed by atoms with Crippen molar-refractivity contribution in [3.63, 3.8) is 0 Å². The third-order valence-corrected chi connectivity index (χ3v) is 4.42. The first kappa shape index (κ1) is 12.5. The van der Waals surface area contributed by atoms with Crippen molar-refractivity contribution >= 4 is 32.7 Å². The minimum absolute atomic E-state index is 0.987. The van der Waals surface area contributed by atoms with E-state index in [4.69, 9.17) is 4.42 Å². The summed E-state index contributed by atoms with van der Waals surface area (Å²) in [6.07, 6.45) is 2.09. The maximum atomic E-state index is 6.16. The Morgan fingerprint density at radius 1 is 0.762 bits per heavy atom. The molecule has 21 heavy (non-hydrogen) atoms. The van der Waals surface area contributed by atoms with E-state index >= 15 is 0 Å². The van der Waals surface area contributed by atoms with E-state index in [1.54, 1.807) is 0 Å². The van der Waals surface area contributed by atoms with Gasteiger partial charge in [-0.1, -0.05) is 44.2 Å². The van der Waals surface area contributed by atoms with Crippen molar-refractivity contribution < 1.29 is 4.42 Å². The zero-order valence-corrected chi connectivity index (χ0v) is 12.4. The van der Waals surface area contributed by atoms with Gasteiger partial charge >= 0.3 is 0 Å². The van der Waals surface area contributed by atoms with Crippen molar-refractivity contribution in [2.45, 2.75) is 26.7 Å². The van der Waals surface area contributed by atoms with Gasteiger partial charge in [-0.25, -0.2) is 0 Å². The van der Waals surface area contributed by atoms with Crippen molar-refractivity contribution in [3.8, 4) is 0 Å². The fourth-order valence-electron chi connectivity index (χ4n) is 3.23. The molecule has 4 aromatic rings. The molecule has 3 aromatic carbocycles. The summed E-state index contributed by atoms with van der Waals surface area (Å²) in [5.74, 6) is 0. The molecule has 0 saturated carbocycles. The Hall–Kier alpha value is -2.28. The molecule has 0 atom stereocenters. The van der Waals surface area contributed by atoms with Crippen LogP contribution in [0.4, 0.5) is 0 Å². The molecule has 0 spiro atoms. The van der Waals surface area contributed by atoms with Gasteiger partial charge < -0.3 is 4.42 Å². The lowest BCUT2D eigenvalue weighted by atomic mass is 9.98. The molecule has 1 aromatic heterocycles. The second kappa shape index (κ2) is 4.63. The van der Waals surface area contributed by atoms with Crippen LogP contribution in [-0.2, 0) is 12.8 Å². The lowest BCUT2D eigenvalue weighted by Crippen LogP contribution is -1.84. The number of hydrogen-bond donors (Lipinski definition) is 0. The standard InChI is InChI=1S/C20H18O/c1-3-13-9-10-19-17(11-13)18-12-14(4-2)15-7-5-6-8-16(15)20(18)21-19/h5-12H,3-4H2,1-2H3. The van der Waals surface area contributed by atoms with E-state index in [0.29, 0.717) is 0 Å². The summed E-state index contributed by atoms with van der Waals surface area (Å²) in [5, 5.41) is 5.02. The van der Waals surface area contributed by atoms with Crippen LogP contribution in [0, 0.1) is 0 Å². The summed E-state index contributed by atoms with van der Waals surface area (Å²) in [6, 6.07) is 17.4. The summed E-state index contributed by atoms with van der Waals surface area (Å²) in [5.41, 5.74) is 4.76. The summed E-state index contributed by atoms with van der Waals surface area (Å²) >= 11 is 0. The highest BCUT2D eigenvalue weighted by atomic mass is 16.3. The average molecular weight is 274 g/mol. The Kier molecular flexibility index (Phi) is 2.75. The minimum atomic E-state index is 0.987. The van der Waals surface area contributed by atoms with Crippen LogP contribution in [0.5, 0.6) is 0 Å². The number of fused-ring (bicyclic) bond motifs is 5. The maximum absolute atomic E-state index is 6.16. The highest BCUT2D eigenvalue weighted by molar-refractivity contribution is 6.16. The summed E-state index contributed by atoms with van der Waals surface area (Å²) in [7, 11) is 0. The summed E-state index contributed by atoms with van der Waals surface area (Å²) < 4.78 is 6.16. The Balaban J connectivity index is 2.22. The van der Waals surface area contributed by atoms with E-state index < -0.39 is 0 Å². The van der Waals surface area contributed by atoms with Crippen LogP contribution in [0.15, 0.2) is 52.9 Å². The number of aryl methyl sites for hydroxylation is 2. The molecule has 1 heteroatoms. The molecule has 0 saturated heterocycles. The molecule has 1 nitrogen and oxygen atoms in total. The van der Waals surface area contributed by atoms with Crippen LogP contribution in [0.2, 0.25) is 0 Å². The van der Waals surface area contributed by atoms with E-state index in [2.05, 4.69) is 62.4 Å². The zero-order valence-electron chi connectivity index (χ0n) is 12.4. The topological polar surface area (TPSA) is 13.1 Å². The Bertz CT molecular complexity index is 960. The van der Waals surface area contributed by atoms with E-state index in [0.717, 1.165) is 24.0 Å². The lowest BCUT2D eigenvalue weighted by Gasteiger charge is -2.05. The van der Waals surface area contributed by atoms with Gasteiger partial charge in [0.1, 0.15) is 11.2 Å². The van der Waals surface area contributed by atoms with Crippen LogP contribution in [0.3, 0.4) is 0 Å². The molecule has 0 radical (unpaired) electrons. The van der Waals surface area contributed by atoms with Crippen molar-refractivity contribution in [3.05, 3.63) is 59.7 Å². The molecule has 4 rings (SSSR count). The first-order valence-electron chi connectivity index (χ1n) is 7.67. The van der Waals surface area contributed by atoms with E-state index in [9.17, 15) is 0 Å². The number of furan rings is 1. The van der Waals surface area contributed by atoms with Crippen LogP contribution < -0.4 is 0 Å². The van der Waals surface area contributed by atoms with Crippen molar-refractivity contribution in [2.75, 3.05) is 0 Å². The van der Waals surface area contributed by atoms with Crippen LogP contribution >= 0.6 is 0 Å². The smallest absolute Gasteiger partial charge is 0.143 e. The number of hydrogen-bond acceptors (Lipinski definition) is 1. The summed E-state index contributed by atoms with van der Waals surface area (Å²) in [4.78, 5) is 0. The van der Waals surface area contributed by atoms with Crippen molar-refractivity contribution in [1.82, 2.24) is 0 Å². The molecule has 0 bridgehead atoms. The fourth-order valence-corrected chi connectivity index (χ4v) is 3.23. The van der Waals surface area contributed by atoms with Gasteiger partial charge in [-0.15, -0.1) is 0 Å². The average Bonchev–Trinajstić information content (AvgIpc) is 2.91. The first-order valence-corrected chi connectivity index (χ1v) is 7.67. The predicted octanol–water partition coefficient (Wildman–Crippen LogP) is 5.86. The number of benzene rings is 3. The molecule has 0 fully saturated rings. The molecule has 0 aliphatic carbocycles. The molecule has 104 valence electrons. The molecule has 1 heterocycles. The SMILES string of the molecule is CCc1ccc2oc3c4ccccc4c(CC)cc3c2c1. The lowest BCUT2D eigenvalue weighted by molar-refractivity contribution is 0.672. The Labute approximate surface area is 124 Å². The molecular formula is C20H18O. The van der Waals surface area contributed by atoms with Gasteiger partial charge in [-0.2, -0.15) is 0 Å². The molecule has 0 aliphatic rings. The van der Waals surface area contributed by atoms with Gasteiger partial charge in [0.15, 0.2) is 0 Å². The second-order valence-electron chi connectivity index (χ2n) is 5.60. The van der Waals surface area contributed by atoms with E-state index in [1.807, 2.05) is 0 Å².